The second kappa shape index (κ2) is 8.20. The maximum Gasteiger partial charge on any atom is 0.435 e. The van der Waals surface area contributed by atoms with E-state index in [0.717, 1.165) is 16.9 Å². The van der Waals surface area contributed by atoms with E-state index in [1.807, 2.05) is 0 Å². The van der Waals surface area contributed by atoms with Gasteiger partial charge in [-0.05, 0) is 18.2 Å². The highest BCUT2D eigenvalue weighted by atomic mass is 19.4. The Labute approximate surface area is 162 Å². The summed E-state index contributed by atoms with van der Waals surface area (Å²) in [5, 5.41) is 7.07. The van der Waals surface area contributed by atoms with Crippen molar-refractivity contribution in [2.75, 3.05) is 14.2 Å². The summed E-state index contributed by atoms with van der Waals surface area (Å²) in [6, 6.07) is 5.77. The number of halogens is 3. The molecule has 0 spiro atoms. The molecule has 1 aromatic carbocycles. The van der Waals surface area contributed by atoms with E-state index in [2.05, 4.69) is 15.2 Å². The number of hydrogen-bond acceptors (Lipinski definition) is 8. The van der Waals surface area contributed by atoms with Crippen LogP contribution in [0.2, 0.25) is 0 Å². The molecule has 0 N–H and O–H groups in total. The minimum atomic E-state index is -4.59. The van der Waals surface area contributed by atoms with Crippen LogP contribution in [-0.4, -0.2) is 40.1 Å². The van der Waals surface area contributed by atoms with Gasteiger partial charge >= 0.3 is 12.1 Å². The van der Waals surface area contributed by atoms with Crippen molar-refractivity contribution in [3.63, 3.8) is 0 Å². The molecule has 3 aromatic rings. The lowest BCUT2D eigenvalue weighted by Crippen LogP contribution is -2.15. The smallest absolute Gasteiger partial charge is 0.435 e. The van der Waals surface area contributed by atoms with Crippen LogP contribution in [0.1, 0.15) is 11.6 Å². The molecule has 0 fully saturated rings. The van der Waals surface area contributed by atoms with Crippen LogP contribution in [0.5, 0.6) is 11.5 Å². The Kier molecular flexibility index (Phi) is 5.71. The third kappa shape index (κ3) is 4.83. The zero-order chi connectivity index (χ0) is 21.0. The van der Waals surface area contributed by atoms with Crippen LogP contribution >= 0.6 is 0 Å². The average Bonchev–Trinajstić information content (AvgIpc) is 3.35. The molecule has 29 heavy (non-hydrogen) atoms. The van der Waals surface area contributed by atoms with E-state index in [4.69, 9.17) is 18.7 Å². The average molecular weight is 412 g/mol. The van der Waals surface area contributed by atoms with E-state index in [0.29, 0.717) is 17.1 Å². The van der Waals surface area contributed by atoms with Gasteiger partial charge in [-0.25, -0.2) is 0 Å². The predicted octanol–water partition coefficient (Wildman–Crippen LogP) is 2.71. The second-order valence-electron chi connectivity index (χ2n) is 5.63. The SMILES string of the molecule is COc1ccc(-c2noc(COC(=O)Cn3ccc(C(F)(F)F)n3)n2)c(OC)c1. The van der Waals surface area contributed by atoms with E-state index in [9.17, 15) is 18.0 Å². The van der Waals surface area contributed by atoms with Crippen LogP contribution in [-0.2, 0) is 28.9 Å². The van der Waals surface area contributed by atoms with Gasteiger partial charge in [0.2, 0.25) is 5.82 Å². The van der Waals surface area contributed by atoms with Gasteiger partial charge in [0.05, 0.1) is 19.8 Å². The maximum atomic E-state index is 12.5. The number of hydrogen-bond donors (Lipinski definition) is 0. The first-order valence-corrected chi connectivity index (χ1v) is 8.11. The summed E-state index contributed by atoms with van der Waals surface area (Å²) in [6.07, 6.45) is -3.55. The number of esters is 1. The van der Waals surface area contributed by atoms with Crippen molar-refractivity contribution in [2.24, 2.45) is 0 Å². The van der Waals surface area contributed by atoms with Gasteiger partial charge in [-0.3, -0.25) is 9.48 Å². The normalized spacial score (nSPS) is 11.3. The van der Waals surface area contributed by atoms with Gasteiger partial charge in [-0.2, -0.15) is 23.3 Å². The minimum Gasteiger partial charge on any atom is -0.497 e. The molecule has 9 nitrogen and oxygen atoms in total. The molecule has 2 aromatic heterocycles. The lowest BCUT2D eigenvalue weighted by molar-refractivity contribution is -0.148. The van der Waals surface area contributed by atoms with Crippen molar-refractivity contribution in [1.82, 2.24) is 19.9 Å². The molecule has 0 saturated carbocycles. The molecule has 12 heteroatoms. The van der Waals surface area contributed by atoms with Crippen LogP contribution in [0.4, 0.5) is 13.2 Å². The first-order chi connectivity index (χ1) is 13.8. The number of carbonyl (C=O) groups is 1. The summed E-state index contributed by atoms with van der Waals surface area (Å²) >= 11 is 0. The molecule has 0 aliphatic heterocycles. The molecule has 0 aliphatic rings. The van der Waals surface area contributed by atoms with E-state index in [1.165, 1.54) is 14.2 Å². The van der Waals surface area contributed by atoms with Gasteiger partial charge in [0.25, 0.3) is 5.89 Å². The highest BCUT2D eigenvalue weighted by molar-refractivity contribution is 5.69. The first-order valence-electron chi connectivity index (χ1n) is 8.11. The summed E-state index contributed by atoms with van der Waals surface area (Å²) in [7, 11) is 2.99. The zero-order valence-corrected chi connectivity index (χ0v) is 15.3. The van der Waals surface area contributed by atoms with Gasteiger partial charge in [-0.15, -0.1) is 0 Å². The van der Waals surface area contributed by atoms with E-state index < -0.39 is 24.4 Å². The van der Waals surface area contributed by atoms with Crippen molar-refractivity contribution < 1.29 is 36.7 Å². The molecule has 0 atom stereocenters. The number of carbonyl (C=O) groups excluding carboxylic acids is 1. The van der Waals surface area contributed by atoms with Crippen molar-refractivity contribution in [3.8, 4) is 22.9 Å². The summed E-state index contributed by atoms with van der Waals surface area (Å²) in [5.74, 6) is 0.423. The Bertz CT molecular complexity index is 999. The van der Waals surface area contributed by atoms with Crippen LogP contribution in [0.3, 0.4) is 0 Å². The summed E-state index contributed by atoms with van der Waals surface area (Å²) in [4.78, 5) is 15.9. The fraction of sp³-hybridized carbons (Fsp3) is 0.294. The Morgan fingerprint density at radius 1 is 1.21 bits per heavy atom. The van der Waals surface area contributed by atoms with E-state index >= 15 is 0 Å². The van der Waals surface area contributed by atoms with Gasteiger partial charge in [-0.1, -0.05) is 5.16 Å². The van der Waals surface area contributed by atoms with Crippen molar-refractivity contribution >= 4 is 5.97 Å². The fourth-order valence-electron chi connectivity index (χ4n) is 2.33. The van der Waals surface area contributed by atoms with E-state index in [1.54, 1.807) is 18.2 Å². The third-order valence-corrected chi connectivity index (χ3v) is 3.70. The standard InChI is InChI=1S/C17H15F3N4O5/c1-26-10-3-4-11(12(7-10)27-2)16-21-14(29-23-16)9-28-15(25)8-24-6-5-13(22-24)17(18,19)20/h3-7H,8-9H2,1-2H3. The molecule has 2 heterocycles. The number of nitrogens with zero attached hydrogens (tertiary/aromatic N) is 4. The monoisotopic (exact) mass is 412 g/mol. The van der Waals surface area contributed by atoms with E-state index in [-0.39, 0.29) is 18.3 Å². The second-order valence-corrected chi connectivity index (χ2v) is 5.63. The highest BCUT2D eigenvalue weighted by Crippen LogP contribution is 2.31. The van der Waals surface area contributed by atoms with Gasteiger partial charge in [0.15, 0.2) is 12.3 Å². The minimum absolute atomic E-state index is 0.00247. The third-order valence-electron chi connectivity index (χ3n) is 3.70. The molecular formula is C17H15F3N4O5. The number of ether oxygens (including phenoxy) is 3. The number of alkyl halides is 3. The van der Waals surface area contributed by atoms with Crippen molar-refractivity contribution in [3.05, 3.63) is 42.0 Å². The Hall–Kier alpha value is -3.57. The van der Waals surface area contributed by atoms with Crippen LogP contribution in [0.25, 0.3) is 11.4 Å². The summed E-state index contributed by atoms with van der Waals surface area (Å²) < 4.78 is 58.7. The molecular weight excluding hydrogens is 397 g/mol. The fourth-order valence-corrected chi connectivity index (χ4v) is 2.33. The quantitative estimate of drug-likeness (QED) is 0.546. The van der Waals surface area contributed by atoms with Crippen LogP contribution in [0, 0.1) is 0 Å². The number of aromatic nitrogens is 4. The van der Waals surface area contributed by atoms with Crippen molar-refractivity contribution in [2.45, 2.75) is 19.3 Å². The van der Waals surface area contributed by atoms with Gasteiger partial charge in [0, 0.05) is 12.3 Å². The molecule has 0 radical (unpaired) electrons. The molecule has 0 saturated heterocycles. The lowest BCUT2D eigenvalue weighted by Gasteiger charge is -2.07. The lowest BCUT2D eigenvalue weighted by atomic mass is 10.2. The predicted molar refractivity (Wildman–Crippen MR) is 89.9 cm³/mol. The van der Waals surface area contributed by atoms with Gasteiger partial charge < -0.3 is 18.7 Å². The van der Waals surface area contributed by atoms with Crippen LogP contribution < -0.4 is 9.47 Å². The molecule has 154 valence electrons. The van der Waals surface area contributed by atoms with Crippen LogP contribution in [0.15, 0.2) is 35.0 Å². The largest absolute Gasteiger partial charge is 0.497 e. The summed E-state index contributed by atoms with van der Waals surface area (Å²) in [5.41, 5.74) is -0.564. The molecule has 0 amide bonds. The Morgan fingerprint density at radius 3 is 2.66 bits per heavy atom. The summed E-state index contributed by atoms with van der Waals surface area (Å²) in [6.45, 7) is -0.846. The Morgan fingerprint density at radius 2 is 2.00 bits per heavy atom. The molecule has 0 aliphatic carbocycles. The number of rotatable bonds is 7. The first kappa shape index (κ1) is 20.2. The van der Waals surface area contributed by atoms with Crippen molar-refractivity contribution in [1.29, 1.82) is 0 Å². The van der Waals surface area contributed by atoms with Gasteiger partial charge in [0.1, 0.15) is 18.0 Å². The number of methoxy groups -OCH3 is 2. The molecule has 0 unspecified atom stereocenters. The Balaban J connectivity index is 1.61. The molecule has 3 rings (SSSR count). The highest BCUT2D eigenvalue weighted by Gasteiger charge is 2.33. The topological polar surface area (TPSA) is 102 Å². The zero-order valence-electron chi connectivity index (χ0n) is 15.3. The molecule has 0 bridgehead atoms. The number of benzene rings is 1. The maximum absolute atomic E-state index is 12.5.